The largest absolute Gasteiger partial charge is 0.322 e. The van der Waals surface area contributed by atoms with E-state index in [4.69, 9.17) is 11.6 Å². The van der Waals surface area contributed by atoms with E-state index in [1.54, 1.807) is 42.7 Å². The van der Waals surface area contributed by atoms with Crippen molar-refractivity contribution in [1.82, 2.24) is 9.97 Å². The van der Waals surface area contributed by atoms with Gasteiger partial charge in [0.25, 0.3) is 5.91 Å². The number of hydrogen-bond donors (Lipinski definition) is 2. The van der Waals surface area contributed by atoms with Gasteiger partial charge in [-0.15, -0.1) is 0 Å². The molecule has 1 heterocycles. The van der Waals surface area contributed by atoms with Crippen molar-refractivity contribution in [3.63, 3.8) is 0 Å². The molecule has 0 aliphatic rings. The predicted molar refractivity (Wildman–Crippen MR) is 97.4 cm³/mol. The number of carbonyl (C=O) groups is 1. The molecule has 3 aromatic rings. The molecule has 0 spiro atoms. The second kappa shape index (κ2) is 7.81. The van der Waals surface area contributed by atoms with E-state index in [0.717, 1.165) is 10.6 Å². The van der Waals surface area contributed by atoms with Gasteiger partial charge < -0.3 is 5.32 Å². The summed E-state index contributed by atoms with van der Waals surface area (Å²) in [5.41, 5.74) is 1.27. The number of anilines is 2. The van der Waals surface area contributed by atoms with Gasteiger partial charge in [0.15, 0.2) is 0 Å². The average molecular weight is 357 g/mol. The first-order valence-electron chi connectivity index (χ1n) is 7.07. The zero-order chi connectivity index (χ0) is 16.8. The third kappa shape index (κ3) is 4.47. The molecular weight excluding hydrogens is 344 g/mol. The molecule has 0 saturated carbocycles. The van der Waals surface area contributed by atoms with Crippen LogP contribution < -0.4 is 10.0 Å². The van der Waals surface area contributed by atoms with Crippen molar-refractivity contribution in [2.45, 2.75) is 4.90 Å². The molecule has 0 fully saturated rings. The smallest absolute Gasteiger partial charge is 0.255 e. The molecule has 0 aliphatic heterocycles. The lowest BCUT2D eigenvalue weighted by Crippen LogP contribution is -2.11. The van der Waals surface area contributed by atoms with Crippen LogP contribution >= 0.6 is 23.5 Å². The van der Waals surface area contributed by atoms with Gasteiger partial charge in [-0.05, 0) is 66.5 Å². The van der Waals surface area contributed by atoms with E-state index >= 15 is 0 Å². The third-order valence-electron chi connectivity index (χ3n) is 3.04. The van der Waals surface area contributed by atoms with E-state index in [1.165, 1.54) is 11.9 Å². The molecular formula is C17H13ClN4OS. The minimum absolute atomic E-state index is 0.178. The molecule has 3 rings (SSSR count). The van der Waals surface area contributed by atoms with E-state index in [1.807, 2.05) is 24.3 Å². The minimum Gasteiger partial charge on any atom is -0.322 e. The van der Waals surface area contributed by atoms with Crippen LogP contribution in [0.15, 0.2) is 71.9 Å². The summed E-state index contributed by atoms with van der Waals surface area (Å²) in [6.07, 6.45) is 3.34. The maximum Gasteiger partial charge on any atom is 0.255 e. The van der Waals surface area contributed by atoms with Gasteiger partial charge in [0.05, 0.1) is 0 Å². The maximum absolute atomic E-state index is 12.1. The number of aromatic nitrogens is 2. The Morgan fingerprint density at radius 1 is 0.958 bits per heavy atom. The average Bonchev–Trinajstić information content (AvgIpc) is 2.62. The fourth-order valence-electron chi connectivity index (χ4n) is 1.87. The van der Waals surface area contributed by atoms with Crippen LogP contribution in [0.5, 0.6) is 0 Å². The van der Waals surface area contributed by atoms with Crippen LogP contribution in [0.3, 0.4) is 0 Å². The Kier molecular flexibility index (Phi) is 5.30. The summed E-state index contributed by atoms with van der Waals surface area (Å²) >= 11 is 7.22. The molecule has 0 unspecified atom stereocenters. The van der Waals surface area contributed by atoms with Gasteiger partial charge in [0.1, 0.15) is 0 Å². The molecule has 5 nitrogen and oxygen atoms in total. The highest BCUT2D eigenvalue weighted by atomic mass is 35.5. The molecule has 1 aromatic heterocycles. The van der Waals surface area contributed by atoms with Gasteiger partial charge in [-0.1, -0.05) is 11.6 Å². The molecule has 0 aliphatic carbocycles. The number of hydrogen-bond acceptors (Lipinski definition) is 5. The summed E-state index contributed by atoms with van der Waals surface area (Å²) in [5.74, 6) is 0.366. The van der Waals surface area contributed by atoms with Crippen molar-refractivity contribution in [3.8, 4) is 0 Å². The van der Waals surface area contributed by atoms with Crippen LogP contribution in [-0.4, -0.2) is 15.9 Å². The van der Waals surface area contributed by atoms with E-state index in [9.17, 15) is 4.79 Å². The normalized spacial score (nSPS) is 10.2. The van der Waals surface area contributed by atoms with Crippen LogP contribution in [0.1, 0.15) is 10.4 Å². The van der Waals surface area contributed by atoms with Gasteiger partial charge in [-0.3, -0.25) is 9.52 Å². The fourth-order valence-corrected chi connectivity index (χ4v) is 2.58. The monoisotopic (exact) mass is 356 g/mol. The Morgan fingerprint density at radius 3 is 2.29 bits per heavy atom. The predicted octanol–water partition coefficient (Wildman–Crippen LogP) is 4.50. The summed E-state index contributed by atoms with van der Waals surface area (Å²) in [5, 5.41) is 3.44. The molecule has 2 N–H and O–H groups in total. The summed E-state index contributed by atoms with van der Waals surface area (Å²) in [7, 11) is 0. The van der Waals surface area contributed by atoms with E-state index in [-0.39, 0.29) is 5.91 Å². The van der Waals surface area contributed by atoms with E-state index in [0.29, 0.717) is 16.5 Å². The van der Waals surface area contributed by atoms with Gasteiger partial charge in [0, 0.05) is 33.6 Å². The maximum atomic E-state index is 12.1. The van der Waals surface area contributed by atoms with E-state index < -0.39 is 0 Å². The highest BCUT2D eigenvalue weighted by Crippen LogP contribution is 2.21. The molecule has 0 atom stereocenters. The number of nitrogens with zero attached hydrogens (tertiary/aromatic N) is 2. The van der Waals surface area contributed by atoms with Crippen molar-refractivity contribution in [3.05, 3.63) is 77.6 Å². The molecule has 2 aromatic carbocycles. The molecule has 24 heavy (non-hydrogen) atoms. The second-order valence-electron chi connectivity index (χ2n) is 4.76. The molecule has 0 radical (unpaired) electrons. The Bertz CT molecular complexity index is 810. The summed E-state index contributed by atoms with van der Waals surface area (Å²) < 4.78 is 3.05. The first-order chi connectivity index (χ1) is 11.7. The van der Waals surface area contributed by atoms with Crippen molar-refractivity contribution in [1.29, 1.82) is 0 Å². The molecule has 1 amide bonds. The Labute approximate surface area is 148 Å². The number of carbonyl (C=O) groups excluding carboxylic acids is 1. The number of rotatable bonds is 5. The van der Waals surface area contributed by atoms with Crippen LogP contribution in [0, 0.1) is 0 Å². The van der Waals surface area contributed by atoms with Crippen molar-refractivity contribution in [2.24, 2.45) is 0 Å². The molecule has 0 bridgehead atoms. The lowest BCUT2D eigenvalue weighted by atomic mass is 10.2. The second-order valence-corrected chi connectivity index (χ2v) is 6.08. The van der Waals surface area contributed by atoms with E-state index in [2.05, 4.69) is 20.0 Å². The SMILES string of the molecule is O=C(Nc1ccc(SNc2ncccn2)cc1)c1ccc(Cl)cc1. The van der Waals surface area contributed by atoms with Crippen molar-refractivity contribution >= 4 is 41.1 Å². The topological polar surface area (TPSA) is 66.9 Å². The lowest BCUT2D eigenvalue weighted by Gasteiger charge is -2.07. The first kappa shape index (κ1) is 16.3. The standard InChI is InChI=1S/C17H13ClN4OS/c18-13-4-2-12(3-5-13)16(23)21-14-6-8-15(9-7-14)24-22-17-19-10-1-11-20-17/h1-11H,(H,21,23)(H,19,20,22). The molecule has 7 heteroatoms. The lowest BCUT2D eigenvalue weighted by molar-refractivity contribution is 0.102. The number of benzene rings is 2. The summed E-state index contributed by atoms with van der Waals surface area (Å²) in [6.45, 7) is 0. The zero-order valence-corrected chi connectivity index (χ0v) is 14.0. The van der Waals surface area contributed by atoms with Crippen LogP contribution in [-0.2, 0) is 0 Å². The van der Waals surface area contributed by atoms with Crippen LogP contribution in [0.2, 0.25) is 5.02 Å². The van der Waals surface area contributed by atoms with Crippen LogP contribution in [0.25, 0.3) is 0 Å². The third-order valence-corrected chi connectivity index (χ3v) is 4.09. The number of nitrogens with one attached hydrogen (secondary N) is 2. The zero-order valence-electron chi connectivity index (χ0n) is 12.4. The highest BCUT2D eigenvalue weighted by molar-refractivity contribution is 8.00. The quantitative estimate of drug-likeness (QED) is 0.659. The van der Waals surface area contributed by atoms with Crippen molar-refractivity contribution in [2.75, 3.05) is 10.0 Å². The van der Waals surface area contributed by atoms with Gasteiger partial charge in [0.2, 0.25) is 5.95 Å². The highest BCUT2D eigenvalue weighted by Gasteiger charge is 2.06. The Hall–Kier alpha value is -2.57. The fraction of sp³-hybridized carbons (Fsp3) is 0. The summed E-state index contributed by atoms with van der Waals surface area (Å²) in [4.78, 5) is 21.3. The molecule has 120 valence electrons. The van der Waals surface area contributed by atoms with Gasteiger partial charge in [-0.2, -0.15) is 0 Å². The number of halogens is 1. The first-order valence-corrected chi connectivity index (χ1v) is 8.27. The summed E-state index contributed by atoms with van der Waals surface area (Å²) in [6, 6.07) is 16.0. The van der Waals surface area contributed by atoms with Crippen LogP contribution in [0.4, 0.5) is 11.6 Å². The minimum atomic E-state index is -0.178. The Balaban J connectivity index is 1.58. The molecule has 0 saturated heterocycles. The van der Waals surface area contributed by atoms with Gasteiger partial charge in [-0.25, -0.2) is 9.97 Å². The van der Waals surface area contributed by atoms with Gasteiger partial charge >= 0.3 is 0 Å². The Morgan fingerprint density at radius 2 is 1.62 bits per heavy atom. The van der Waals surface area contributed by atoms with Crippen molar-refractivity contribution < 1.29 is 4.79 Å². The number of amides is 1.